The third-order valence-corrected chi connectivity index (χ3v) is 1.78. The summed E-state index contributed by atoms with van der Waals surface area (Å²) in [4.78, 5) is 10.2. The Balaban J connectivity index is 0.00000144. The highest BCUT2D eigenvalue weighted by Gasteiger charge is 1.99. The summed E-state index contributed by atoms with van der Waals surface area (Å²) in [6.07, 6.45) is 2.40. The van der Waals surface area contributed by atoms with Crippen molar-refractivity contribution in [3.63, 3.8) is 0 Å². The van der Waals surface area contributed by atoms with E-state index in [1.54, 1.807) is 0 Å². The Kier molecular flexibility index (Phi) is 3.48. The van der Waals surface area contributed by atoms with Gasteiger partial charge in [0.05, 0.1) is 6.04 Å². The van der Waals surface area contributed by atoms with Crippen molar-refractivity contribution in [3.05, 3.63) is 35.9 Å². The molecule has 0 aliphatic carbocycles. The number of hydrogen-bond acceptors (Lipinski definition) is 2. The number of benzene rings is 1. The van der Waals surface area contributed by atoms with Crippen LogP contribution in [-0.4, -0.2) is 12.3 Å². The topological polar surface area (TPSA) is 43.1 Å². The highest BCUT2D eigenvalue weighted by molar-refractivity contribution is 5.56. The summed E-state index contributed by atoms with van der Waals surface area (Å²) in [7, 11) is 0. The van der Waals surface area contributed by atoms with Crippen molar-refractivity contribution in [2.45, 2.75) is 18.9 Å². The Morgan fingerprint density at radius 1 is 1.42 bits per heavy atom. The average molecular weight is 165 g/mol. The Hall–Kier alpha value is -1.15. The maximum Gasteiger partial charge on any atom is 0.136 e. The second-order valence-corrected chi connectivity index (χ2v) is 2.82. The fraction of sp³-hybridized carbons (Fsp3) is 0.300. The first-order chi connectivity index (χ1) is 5.83. The summed E-state index contributed by atoms with van der Waals surface area (Å²) in [5.74, 6) is 0. The minimum absolute atomic E-state index is 0. The van der Waals surface area contributed by atoms with Crippen molar-refractivity contribution in [2.75, 3.05) is 0 Å². The summed E-state index contributed by atoms with van der Waals surface area (Å²) in [5, 5.41) is 0. The normalized spacial score (nSPS) is 12.4. The molecule has 0 unspecified atom stereocenters. The van der Waals surface area contributed by atoms with Crippen LogP contribution in [0.15, 0.2) is 30.3 Å². The molecule has 0 bridgehead atoms. The summed E-state index contributed by atoms with van der Waals surface area (Å²) in [6.45, 7) is 0. The molecule has 0 saturated heterocycles. The largest absolute Gasteiger partial charge is 0.322 e. The lowest BCUT2D eigenvalue weighted by Crippen LogP contribution is -2.21. The number of carbonyl (C=O) groups is 1. The Morgan fingerprint density at radius 3 is 2.67 bits per heavy atom. The fourth-order valence-electron chi connectivity index (χ4n) is 1.05. The molecule has 0 heterocycles. The predicted octanol–water partition coefficient (Wildman–Crippen LogP) is 1.39. The van der Waals surface area contributed by atoms with Gasteiger partial charge in [0.15, 0.2) is 0 Å². The van der Waals surface area contributed by atoms with Gasteiger partial charge in [-0.15, -0.1) is 0 Å². The molecule has 1 aromatic carbocycles. The van der Waals surface area contributed by atoms with Gasteiger partial charge in [-0.05, 0) is 18.4 Å². The van der Waals surface area contributed by atoms with Crippen LogP contribution in [0.2, 0.25) is 0 Å². The van der Waals surface area contributed by atoms with Gasteiger partial charge in [0, 0.05) is 1.43 Å². The number of rotatable bonds is 4. The van der Waals surface area contributed by atoms with Crippen LogP contribution in [0.5, 0.6) is 0 Å². The lowest BCUT2D eigenvalue weighted by atomic mass is 10.1. The molecule has 66 valence electrons. The quantitative estimate of drug-likeness (QED) is 0.685. The minimum atomic E-state index is -0.315. The van der Waals surface area contributed by atoms with E-state index in [0.29, 0.717) is 0 Å². The van der Waals surface area contributed by atoms with Crippen molar-refractivity contribution in [2.24, 2.45) is 5.73 Å². The van der Waals surface area contributed by atoms with Crippen molar-refractivity contribution < 1.29 is 6.22 Å². The van der Waals surface area contributed by atoms with E-state index >= 15 is 0 Å². The van der Waals surface area contributed by atoms with Crippen LogP contribution in [0.1, 0.15) is 13.4 Å². The van der Waals surface area contributed by atoms with Crippen LogP contribution in [-0.2, 0) is 11.2 Å². The molecular weight excluding hydrogens is 150 g/mol. The number of carbonyl (C=O) groups excluding carboxylic acids is 1. The van der Waals surface area contributed by atoms with Crippen LogP contribution < -0.4 is 5.73 Å². The molecule has 2 heteroatoms. The van der Waals surface area contributed by atoms with Crippen molar-refractivity contribution in [1.82, 2.24) is 0 Å². The zero-order chi connectivity index (χ0) is 8.81. The number of hydrogen-bond donors (Lipinski definition) is 1. The lowest BCUT2D eigenvalue weighted by Gasteiger charge is -2.02. The zero-order valence-electron chi connectivity index (χ0n) is 6.94. The molecule has 0 aromatic heterocycles. The van der Waals surface area contributed by atoms with E-state index in [4.69, 9.17) is 5.73 Å². The molecule has 0 fully saturated rings. The molecule has 12 heavy (non-hydrogen) atoms. The van der Waals surface area contributed by atoms with Crippen LogP contribution in [0.25, 0.3) is 0 Å². The third kappa shape index (κ3) is 2.84. The van der Waals surface area contributed by atoms with E-state index < -0.39 is 0 Å². The first-order valence-electron chi connectivity index (χ1n) is 4.07. The summed E-state index contributed by atoms with van der Waals surface area (Å²) in [6, 6.07) is 9.71. The third-order valence-electron chi connectivity index (χ3n) is 1.78. The Labute approximate surface area is 73.9 Å². The van der Waals surface area contributed by atoms with E-state index in [1.165, 1.54) is 5.56 Å². The highest BCUT2D eigenvalue weighted by Crippen LogP contribution is 2.02. The maximum absolute atomic E-state index is 10.2. The SMILES string of the molecule is N[C@H](C=O)CCc1ccccc1.[HH]. The van der Waals surface area contributed by atoms with E-state index in [9.17, 15) is 4.79 Å². The standard InChI is InChI=1S/C10H13NO.H2/c11-10(8-12)7-6-9-4-2-1-3-5-9;/h1-5,8,10H,6-7,11H2;1H/t10-;/m0./s1. The second kappa shape index (κ2) is 4.67. The zero-order valence-corrected chi connectivity index (χ0v) is 6.94. The fourth-order valence-corrected chi connectivity index (χ4v) is 1.05. The first-order valence-corrected chi connectivity index (χ1v) is 4.07. The molecule has 0 radical (unpaired) electrons. The van der Waals surface area contributed by atoms with Crippen molar-refractivity contribution >= 4 is 6.29 Å². The van der Waals surface area contributed by atoms with Crippen molar-refractivity contribution in [1.29, 1.82) is 0 Å². The molecular formula is C10H15NO. The molecule has 0 aliphatic rings. The molecule has 2 nitrogen and oxygen atoms in total. The Bertz CT molecular complexity index is 238. The molecule has 1 rings (SSSR count). The lowest BCUT2D eigenvalue weighted by molar-refractivity contribution is -0.109. The second-order valence-electron chi connectivity index (χ2n) is 2.82. The summed E-state index contributed by atoms with van der Waals surface area (Å²) >= 11 is 0. The van der Waals surface area contributed by atoms with E-state index in [1.807, 2.05) is 30.3 Å². The van der Waals surface area contributed by atoms with Crippen LogP contribution in [0.4, 0.5) is 0 Å². The highest BCUT2D eigenvalue weighted by atomic mass is 16.1. The van der Waals surface area contributed by atoms with Crippen LogP contribution in [0, 0.1) is 0 Å². The molecule has 0 amide bonds. The van der Waals surface area contributed by atoms with Gasteiger partial charge in [-0.1, -0.05) is 30.3 Å². The molecule has 0 saturated carbocycles. The van der Waals surface area contributed by atoms with Gasteiger partial charge in [-0.2, -0.15) is 0 Å². The van der Waals surface area contributed by atoms with E-state index in [0.717, 1.165) is 19.1 Å². The first kappa shape index (κ1) is 8.94. The van der Waals surface area contributed by atoms with E-state index in [2.05, 4.69) is 0 Å². The smallest absolute Gasteiger partial charge is 0.136 e. The van der Waals surface area contributed by atoms with Gasteiger partial charge in [-0.3, -0.25) is 0 Å². The molecule has 0 spiro atoms. The molecule has 2 N–H and O–H groups in total. The molecule has 0 aliphatic heterocycles. The monoisotopic (exact) mass is 165 g/mol. The predicted molar refractivity (Wildman–Crippen MR) is 50.9 cm³/mol. The summed E-state index contributed by atoms with van der Waals surface area (Å²) < 4.78 is 0. The number of nitrogens with two attached hydrogens (primary N) is 1. The number of aryl methyl sites for hydroxylation is 1. The van der Waals surface area contributed by atoms with Gasteiger partial charge >= 0.3 is 0 Å². The van der Waals surface area contributed by atoms with Crippen LogP contribution in [0.3, 0.4) is 0 Å². The van der Waals surface area contributed by atoms with Gasteiger partial charge in [0.1, 0.15) is 6.29 Å². The molecule has 1 aromatic rings. The summed E-state index contributed by atoms with van der Waals surface area (Å²) in [5.41, 5.74) is 6.68. The van der Waals surface area contributed by atoms with Gasteiger partial charge in [0.2, 0.25) is 0 Å². The number of aldehydes is 1. The average Bonchev–Trinajstić information content (AvgIpc) is 2.16. The minimum Gasteiger partial charge on any atom is -0.322 e. The van der Waals surface area contributed by atoms with Gasteiger partial charge < -0.3 is 10.5 Å². The van der Waals surface area contributed by atoms with Gasteiger partial charge in [0.25, 0.3) is 0 Å². The molecule has 1 atom stereocenters. The Morgan fingerprint density at radius 2 is 2.08 bits per heavy atom. The van der Waals surface area contributed by atoms with Crippen molar-refractivity contribution in [3.8, 4) is 0 Å². The van der Waals surface area contributed by atoms with Gasteiger partial charge in [-0.25, -0.2) is 0 Å². The van der Waals surface area contributed by atoms with E-state index in [-0.39, 0.29) is 7.47 Å². The van der Waals surface area contributed by atoms with Crippen LogP contribution >= 0.6 is 0 Å². The maximum atomic E-state index is 10.2.